The van der Waals surface area contributed by atoms with Crippen molar-refractivity contribution in [2.24, 2.45) is 5.16 Å². The Morgan fingerprint density at radius 1 is 1.35 bits per heavy atom. The largest absolute Gasteiger partial charge is 0.390 e. The van der Waals surface area contributed by atoms with Gasteiger partial charge in [-0.2, -0.15) is 4.31 Å². The fourth-order valence-electron chi connectivity index (χ4n) is 2.17. The van der Waals surface area contributed by atoms with Crippen LogP contribution in [0.4, 0.5) is 0 Å². The molecule has 0 aliphatic carbocycles. The van der Waals surface area contributed by atoms with Gasteiger partial charge in [-0.25, -0.2) is 8.42 Å². The Kier molecular flexibility index (Phi) is 4.45. The van der Waals surface area contributed by atoms with Crippen LogP contribution in [0.1, 0.15) is 24.5 Å². The van der Waals surface area contributed by atoms with E-state index in [1.54, 1.807) is 0 Å². The van der Waals surface area contributed by atoms with Gasteiger partial charge in [0.15, 0.2) is 0 Å². The molecule has 2 rings (SSSR count). The summed E-state index contributed by atoms with van der Waals surface area (Å²) in [5.41, 5.74) is 3.10. The van der Waals surface area contributed by atoms with Gasteiger partial charge in [0.05, 0.1) is 18.5 Å². The molecule has 1 aromatic rings. The van der Waals surface area contributed by atoms with Crippen molar-refractivity contribution < 1.29 is 13.3 Å². The van der Waals surface area contributed by atoms with Gasteiger partial charge in [-0.15, -0.1) is 0 Å². The number of rotatable bonds is 5. The Morgan fingerprint density at radius 2 is 2.00 bits per heavy atom. The first-order chi connectivity index (χ1) is 9.40. The summed E-state index contributed by atoms with van der Waals surface area (Å²) in [7, 11) is -3.19. The Balaban J connectivity index is 1.99. The number of aryl methyl sites for hydroxylation is 1. The number of nitrogens with zero attached hydrogens (tertiary/aromatic N) is 2. The van der Waals surface area contributed by atoms with Crippen LogP contribution < -0.4 is 0 Å². The molecule has 0 fully saturated rings. The zero-order valence-corrected chi connectivity index (χ0v) is 12.9. The summed E-state index contributed by atoms with van der Waals surface area (Å²) in [5.74, 6) is 0. The van der Waals surface area contributed by atoms with Gasteiger partial charge in [-0.1, -0.05) is 41.9 Å². The second-order valence-corrected chi connectivity index (χ2v) is 7.03. The predicted octanol–water partition coefficient (Wildman–Crippen LogP) is 1.77. The molecule has 0 N–H and O–H groups in total. The van der Waals surface area contributed by atoms with Crippen molar-refractivity contribution in [1.29, 1.82) is 0 Å². The van der Waals surface area contributed by atoms with E-state index < -0.39 is 10.0 Å². The molecule has 1 atom stereocenters. The second-order valence-electron chi connectivity index (χ2n) is 5.05. The Hall–Kier alpha value is -1.40. The molecular weight excluding hydrogens is 276 g/mol. The van der Waals surface area contributed by atoms with E-state index in [4.69, 9.17) is 4.84 Å². The van der Waals surface area contributed by atoms with Gasteiger partial charge < -0.3 is 4.84 Å². The first-order valence-electron chi connectivity index (χ1n) is 6.65. The van der Waals surface area contributed by atoms with Gasteiger partial charge in [-0.3, -0.25) is 0 Å². The summed E-state index contributed by atoms with van der Waals surface area (Å²) >= 11 is 0. The molecule has 0 saturated carbocycles. The first kappa shape index (κ1) is 15.0. The van der Waals surface area contributed by atoms with Crippen LogP contribution >= 0.6 is 0 Å². The van der Waals surface area contributed by atoms with Crippen LogP contribution in [-0.4, -0.2) is 43.9 Å². The maximum Gasteiger partial charge on any atom is 0.211 e. The van der Waals surface area contributed by atoms with Crippen LogP contribution in [0.15, 0.2) is 29.4 Å². The van der Waals surface area contributed by atoms with Crippen LogP contribution in [-0.2, 0) is 14.9 Å². The van der Waals surface area contributed by atoms with Gasteiger partial charge in [0.1, 0.15) is 6.10 Å². The number of benzene rings is 1. The number of oxime groups is 1. The van der Waals surface area contributed by atoms with E-state index in [0.29, 0.717) is 19.5 Å². The number of hydrogen-bond acceptors (Lipinski definition) is 4. The lowest BCUT2D eigenvalue weighted by atomic mass is 10.0. The topological polar surface area (TPSA) is 59.0 Å². The van der Waals surface area contributed by atoms with Crippen molar-refractivity contribution in [1.82, 2.24) is 4.31 Å². The van der Waals surface area contributed by atoms with Crippen LogP contribution in [0, 0.1) is 6.92 Å². The maximum atomic E-state index is 11.6. The fourth-order valence-corrected chi connectivity index (χ4v) is 3.07. The van der Waals surface area contributed by atoms with Crippen molar-refractivity contribution in [3.63, 3.8) is 0 Å². The summed E-state index contributed by atoms with van der Waals surface area (Å²) in [6.07, 6.45) is 1.64. The smallest absolute Gasteiger partial charge is 0.211 e. The highest BCUT2D eigenvalue weighted by Gasteiger charge is 2.27. The van der Waals surface area contributed by atoms with E-state index in [9.17, 15) is 8.42 Å². The molecule has 0 aromatic heterocycles. The average Bonchev–Trinajstić information content (AvgIpc) is 2.84. The van der Waals surface area contributed by atoms with Crippen LogP contribution in [0.3, 0.4) is 0 Å². The lowest BCUT2D eigenvalue weighted by Crippen LogP contribution is -2.36. The third-order valence-electron chi connectivity index (χ3n) is 3.35. The second kappa shape index (κ2) is 5.93. The van der Waals surface area contributed by atoms with Gasteiger partial charge in [0.25, 0.3) is 0 Å². The lowest BCUT2D eigenvalue weighted by Gasteiger charge is -2.20. The Labute approximate surface area is 120 Å². The third-order valence-corrected chi connectivity index (χ3v) is 4.69. The molecule has 5 nitrogen and oxygen atoms in total. The minimum atomic E-state index is -3.19. The van der Waals surface area contributed by atoms with Crippen molar-refractivity contribution in [3.8, 4) is 0 Å². The molecule has 1 heterocycles. The number of sulfonamides is 1. The van der Waals surface area contributed by atoms with Crippen molar-refractivity contribution >= 4 is 15.7 Å². The van der Waals surface area contributed by atoms with Gasteiger partial charge in [0.2, 0.25) is 10.0 Å². The summed E-state index contributed by atoms with van der Waals surface area (Å²) in [5, 5.41) is 4.08. The monoisotopic (exact) mass is 296 g/mol. The van der Waals surface area contributed by atoms with Crippen LogP contribution in [0.25, 0.3) is 0 Å². The quantitative estimate of drug-likeness (QED) is 0.832. The summed E-state index contributed by atoms with van der Waals surface area (Å²) < 4.78 is 24.6. The predicted molar refractivity (Wildman–Crippen MR) is 79.3 cm³/mol. The normalized spacial score (nSPS) is 19.0. The molecular formula is C14H20N2O3S. The zero-order valence-electron chi connectivity index (χ0n) is 12.0. The number of likely N-dealkylation sites (N-methyl/N-ethyl adjacent to an activating group) is 1. The third kappa shape index (κ3) is 3.58. The van der Waals surface area contributed by atoms with Crippen LogP contribution in [0.2, 0.25) is 0 Å². The first-order valence-corrected chi connectivity index (χ1v) is 8.50. The van der Waals surface area contributed by atoms with E-state index in [-0.39, 0.29) is 6.10 Å². The minimum Gasteiger partial charge on any atom is -0.390 e. The van der Waals surface area contributed by atoms with Crippen molar-refractivity contribution in [3.05, 3.63) is 35.4 Å². The fraction of sp³-hybridized carbons (Fsp3) is 0.500. The highest BCUT2D eigenvalue weighted by Crippen LogP contribution is 2.18. The van der Waals surface area contributed by atoms with E-state index >= 15 is 0 Å². The molecule has 1 aliphatic rings. The van der Waals surface area contributed by atoms with E-state index in [0.717, 1.165) is 11.3 Å². The molecule has 0 amide bonds. The molecule has 110 valence electrons. The van der Waals surface area contributed by atoms with E-state index in [2.05, 4.69) is 5.16 Å². The summed E-state index contributed by atoms with van der Waals surface area (Å²) in [4.78, 5) is 5.36. The molecule has 20 heavy (non-hydrogen) atoms. The highest BCUT2D eigenvalue weighted by molar-refractivity contribution is 7.88. The van der Waals surface area contributed by atoms with E-state index in [1.807, 2.05) is 38.1 Å². The lowest BCUT2D eigenvalue weighted by molar-refractivity contribution is 0.0713. The maximum absolute atomic E-state index is 11.6. The molecule has 0 spiro atoms. The van der Waals surface area contributed by atoms with Crippen molar-refractivity contribution in [2.45, 2.75) is 26.4 Å². The summed E-state index contributed by atoms with van der Waals surface area (Å²) in [6.45, 7) is 4.63. The molecule has 0 bridgehead atoms. The molecule has 1 aromatic carbocycles. The van der Waals surface area contributed by atoms with Gasteiger partial charge in [0, 0.05) is 13.0 Å². The zero-order chi connectivity index (χ0) is 14.8. The van der Waals surface area contributed by atoms with Crippen LogP contribution in [0.5, 0.6) is 0 Å². The standard InChI is InChI=1S/C14H20N2O3S/c1-4-16(20(3,17)18)10-13-9-14(15-19-13)12-7-5-11(2)6-8-12/h5-8,13H,4,9-10H2,1-3H3. The summed E-state index contributed by atoms with van der Waals surface area (Å²) in [6, 6.07) is 8.07. The molecule has 1 aliphatic heterocycles. The molecule has 0 radical (unpaired) electrons. The van der Waals surface area contributed by atoms with Gasteiger partial charge in [-0.05, 0) is 12.5 Å². The molecule has 0 saturated heterocycles. The SMILES string of the molecule is CCN(CC1CC(c2ccc(C)cc2)=NO1)S(C)(=O)=O. The van der Waals surface area contributed by atoms with E-state index in [1.165, 1.54) is 16.1 Å². The molecule has 1 unspecified atom stereocenters. The highest BCUT2D eigenvalue weighted by atomic mass is 32.2. The van der Waals surface area contributed by atoms with Crippen molar-refractivity contribution in [2.75, 3.05) is 19.3 Å². The molecule has 6 heteroatoms. The average molecular weight is 296 g/mol. The van der Waals surface area contributed by atoms with Gasteiger partial charge >= 0.3 is 0 Å². The Morgan fingerprint density at radius 3 is 2.55 bits per heavy atom. The number of hydrogen-bond donors (Lipinski definition) is 0. The Bertz CT molecular complexity index is 593. The minimum absolute atomic E-state index is 0.207.